The van der Waals surface area contributed by atoms with E-state index >= 15 is 0 Å². The molecule has 0 aliphatic rings. The minimum absolute atomic E-state index is 0.0000350. The van der Waals surface area contributed by atoms with Crippen LogP contribution in [0.25, 0.3) is 11.3 Å². The van der Waals surface area contributed by atoms with Crippen molar-refractivity contribution in [3.63, 3.8) is 0 Å². The van der Waals surface area contributed by atoms with Crippen LogP contribution in [0.2, 0.25) is 0 Å². The fourth-order valence-corrected chi connectivity index (χ4v) is 1.33. The molecular weight excluding hydrogens is 174 g/mol. The molecule has 1 heterocycles. The molecule has 14 heavy (non-hydrogen) atoms. The zero-order valence-electron chi connectivity index (χ0n) is 8.07. The van der Waals surface area contributed by atoms with E-state index in [0.29, 0.717) is 0 Å². The van der Waals surface area contributed by atoms with Gasteiger partial charge in [0.15, 0.2) is 0 Å². The normalized spacial score (nSPS) is 12.7. The zero-order chi connectivity index (χ0) is 9.97. The van der Waals surface area contributed by atoms with Crippen molar-refractivity contribution in [3.8, 4) is 11.3 Å². The molecule has 0 aliphatic heterocycles. The lowest BCUT2D eigenvalue weighted by atomic mass is 10.1. The van der Waals surface area contributed by atoms with Gasteiger partial charge < -0.3 is 5.73 Å². The molecule has 0 unspecified atom stereocenters. The van der Waals surface area contributed by atoms with Crippen LogP contribution in [-0.4, -0.2) is 10.2 Å². The Kier molecular flexibility index (Phi) is 2.33. The van der Waals surface area contributed by atoms with Gasteiger partial charge in [0.05, 0.1) is 11.4 Å². The quantitative estimate of drug-likeness (QED) is 0.756. The van der Waals surface area contributed by atoms with Gasteiger partial charge >= 0.3 is 0 Å². The van der Waals surface area contributed by atoms with Gasteiger partial charge in [0.2, 0.25) is 0 Å². The number of hydrogen-bond acceptors (Lipinski definition) is 2. The van der Waals surface area contributed by atoms with Crippen molar-refractivity contribution in [2.45, 2.75) is 13.0 Å². The average Bonchev–Trinajstić information content (AvgIpc) is 2.68. The molecule has 0 bridgehead atoms. The largest absolute Gasteiger partial charge is 0.323 e. The second-order valence-electron chi connectivity index (χ2n) is 3.36. The van der Waals surface area contributed by atoms with Gasteiger partial charge in [-0.3, -0.25) is 5.10 Å². The first kappa shape index (κ1) is 8.97. The Labute approximate surface area is 83.0 Å². The molecular formula is C11H13N3. The van der Waals surface area contributed by atoms with E-state index in [0.717, 1.165) is 17.0 Å². The van der Waals surface area contributed by atoms with Crippen molar-refractivity contribution in [3.05, 3.63) is 42.1 Å². The minimum Gasteiger partial charge on any atom is -0.323 e. The van der Waals surface area contributed by atoms with Crippen LogP contribution in [-0.2, 0) is 0 Å². The van der Waals surface area contributed by atoms with E-state index in [1.165, 1.54) is 0 Å². The summed E-state index contributed by atoms with van der Waals surface area (Å²) in [7, 11) is 0. The molecule has 1 aromatic carbocycles. The van der Waals surface area contributed by atoms with Gasteiger partial charge in [-0.15, -0.1) is 0 Å². The molecule has 0 saturated heterocycles. The predicted octanol–water partition coefficient (Wildman–Crippen LogP) is 2.10. The topological polar surface area (TPSA) is 54.7 Å². The van der Waals surface area contributed by atoms with Crippen LogP contribution in [0.5, 0.6) is 0 Å². The molecule has 0 spiro atoms. The highest BCUT2D eigenvalue weighted by Gasteiger charge is 2.05. The summed E-state index contributed by atoms with van der Waals surface area (Å²) in [6.45, 7) is 1.93. The van der Waals surface area contributed by atoms with Gasteiger partial charge in [0.1, 0.15) is 0 Å². The number of H-pyrrole nitrogens is 1. The maximum absolute atomic E-state index is 5.73. The number of nitrogens with one attached hydrogen (secondary N) is 1. The van der Waals surface area contributed by atoms with E-state index in [2.05, 4.69) is 10.2 Å². The fourth-order valence-electron chi connectivity index (χ4n) is 1.33. The van der Waals surface area contributed by atoms with E-state index in [-0.39, 0.29) is 6.04 Å². The highest BCUT2D eigenvalue weighted by atomic mass is 15.1. The highest BCUT2D eigenvalue weighted by molar-refractivity contribution is 5.58. The molecule has 1 aromatic heterocycles. The molecule has 0 saturated carbocycles. The molecule has 0 radical (unpaired) electrons. The number of nitrogens with zero attached hydrogens (tertiary/aromatic N) is 1. The number of rotatable bonds is 2. The lowest BCUT2D eigenvalue weighted by Crippen LogP contribution is -2.04. The summed E-state index contributed by atoms with van der Waals surface area (Å²) in [5, 5.41) is 7.13. The third kappa shape index (κ3) is 1.67. The maximum atomic E-state index is 5.73. The van der Waals surface area contributed by atoms with Crippen molar-refractivity contribution in [2.75, 3.05) is 0 Å². The minimum atomic E-state index is -0.0000350. The van der Waals surface area contributed by atoms with Crippen molar-refractivity contribution in [1.29, 1.82) is 0 Å². The summed E-state index contributed by atoms with van der Waals surface area (Å²) in [6.07, 6.45) is 0. The summed E-state index contributed by atoms with van der Waals surface area (Å²) in [5.41, 5.74) is 8.75. The number of hydrogen-bond donors (Lipinski definition) is 2. The third-order valence-electron chi connectivity index (χ3n) is 2.16. The lowest BCUT2D eigenvalue weighted by Gasteiger charge is -1.97. The van der Waals surface area contributed by atoms with Crippen molar-refractivity contribution in [1.82, 2.24) is 10.2 Å². The number of nitrogens with two attached hydrogens (primary N) is 1. The molecule has 3 nitrogen and oxygen atoms in total. The summed E-state index contributed by atoms with van der Waals surface area (Å²) < 4.78 is 0. The van der Waals surface area contributed by atoms with Gasteiger partial charge in [-0.25, -0.2) is 0 Å². The van der Waals surface area contributed by atoms with Gasteiger partial charge in [-0.05, 0) is 13.0 Å². The van der Waals surface area contributed by atoms with E-state index in [1.807, 2.05) is 43.3 Å². The first-order chi connectivity index (χ1) is 6.77. The Morgan fingerprint density at radius 3 is 2.57 bits per heavy atom. The predicted molar refractivity (Wildman–Crippen MR) is 56.6 cm³/mol. The monoisotopic (exact) mass is 187 g/mol. The zero-order valence-corrected chi connectivity index (χ0v) is 8.07. The fraction of sp³-hybridized carbons (Fsp3) is 0.182. The Morgan fingerprint density at radius 2 is 2.00 bits per heavy atom. The van der Waals surface area contributed by atoms with Gasteiger partial charge in [0, 0.05) is 11.6 Å². The van der Waals surface area contributed by atoms with Crippen LogP contribution in [0.3, 0.4) is 0 Å². The van der Waals surface area contributed by atoms with Crippen molar-refractivity contribution < 1.29 is 0 Å². The van der Waals surface area contributed by atoms with Crippen LogP contribution in [0.1, 0.15) is 18.7 Å². The molecule has 3 heteroatoms. The SMILES string of the molecule is C[C@@H](N)c1cc(-c2ccccc2)n[nH]1. The molecule has 72 valence electrons. The molecule has 0 amide bonds. The Balaban J connectivity index is 2.34. The van der Waals surface area contributed by atoms with E-state index < -0.39 is 0 Å². The number of aromatic amines is 1. The van der Waals surface area contributed by atoms with E-state index in [1.54, 1.807) is 0 Å². The Morgan fingerprint density at radius 1 is 1.29 bits per heavy atom. The summed E-state index contributed by atoms with van der Waals surface area (Å²) in [6, 6.07) is 12.0. The van der Waals surface area contributed by atoms with Gasteiger partial charge in [-0.2, -0.15) is 5.10 Å². The van der Waals surface area contributed by atoms with Crippen molar-refractivity contribution in [2.24, 2.45) is 5.73 Å². The number of benzene rings is 1. The first-order valence-corrected chi connectivity index (χ1v) is 4.63. The molecule has 0 aliphatic carbocycles. The molecule has 2 aromatic rings. The third-order valence-corrected chi connectivity index (χ3v) is 2.16. The molecule has 2 rings (SSSR count). The second kappa shape index (κ2) is 3.64. The van der Waals surface area contributed by atoms with Crippen LogP contribution >= 0.6 is 0 Å². The summed E-state index contributed by atoms with van der Waals surface area (Å²) in [4.78, 5) is 0. The smallest absolute Gasteiger partial charge is 0.0924 e. The van der Waals surface area contributed by atoms with Crippen LogP contribution in [0.4, 0.5) is 0 Å². The number of aromatic nitrogens is 2. The Hall–Kier alpha value is -1.61. The highest BCUT2D eigenvalue weighted by Crippen LogP contribution is 2.18. The van der Waals surface area contributed by atoms with Crippen LogP contribution in [0.15, 0.2) is 36.4 Å². The van der Waals surface area contributed by atoms with Gasteiger partial charge in [-0.1, -0.05) is 30.3 Å². The molecule has 1 atom stereocenters. The lowest BCUT2D eigenvalue weighted by molar-refractivity contribution is 0.772. The van der Waals surface area contributed by atoms with E-state index in [9.17, 15) is 0 Å². The first-order valence-electron chi connectivity index (χ1n) is 4.63. The van der Waals surface area contributed by atoms with Crippen LogP contribution < -0.4 is 5.73 Å². The standard InChI is InChI=1S/C11H13N3/c1-8(12)10-7-11(14-13-10)9-5-3-2-4-6-9/h2-8H,12H2,1H3,(H,13,14)/t8-/m1/s1. The molecule has 0 fully saturated rings. The average molecular weight is 187 g/mol. The molecule has 3 N–H and O–H groups in total. The second-order valence-corrected chi connectivity index (χ2v) is 3.36. The summed E-state index contributed by atoms with van der Waals surface area (Å²) >= 11 is 0. The van der Waals surface area contributed by atoms with Gasteiger partial charge in [0.25, 0.3) is 0 Å². The van der Waals surface area contributed by atoms with E-state index in [4.69, 9.17) is 5.73 Å². The van der Waals surface area contributed by atoms with Crippen molar-refractivity contribution >= 4 is 0 Å². The summed E-state index contributed by atoms with van der Waals surface area (Å²) in [5.74, 6) is 0. The Bertz CT molecular complexity index is 403. The van der Waals surface area contributed by atoms with Crippen LogP contribution in [0, 0.1) is 0 Å². The maximum Gasteiger partial charge on any atom is 0.0924 e.